The first-order chi connectivity index (χ1) is 13.9. The molecule has 0 atom stereocenters. The molecule has 4 nitrogen and oxygen atoms in total. The van der Waals surface area contributed by atoms with Gasteiger partial charge in [0.25, 0.3) is 0 Å². The second kappa shape index (κ2) is 7.58. The molecular weight excluding hydrogens is 346 g/mol. The van der Waals surface area contributed by atoms with Gasteiger partial charge >= 0.3 is 0 Å². The number of rotatable bonds is 4. The summed E-state index contributed by atoms with van der Waals surface area (Å²) >= 11 is 0. The summed E-state index contributed by atoms with van der Waals surface area (Å²) in [5, 5.41) is 0. The van der Waals surface area contributed by atoms with Crippen LogP contribution >= 0.6 is 0 Å². The minimum Gasteiger partial charge on any atom is -0.379 e. The summed E-state index contributed by atoms with van der Waals surface area (Å²) < 4.78 is 7.60. The smallest absolute Gasteiger partial charge is 0.100 e. The Morgan fingerprint density at radius 2 is 1.61 bits per heavy atom. The summed E-state index contributed by atoms with van der Waals surface area (Å²) in [5.41, 5.74) is 7.04. The standard InChI is InChI=1S/C24H23N3O/c1-2-4-20(5-3-1)21-8-11-23-24(16-21)27(18-25-23)22-9-6-19(7-10-22)17-26-12-14-28-15-13-26/h1-11,16,18H,12-15,17H2. The van der Waals surface area contributed by atoms with E-state index in [9.17, 15) is 0 Å². The van der Waals surface area contributed by atoms with Crippen molar-refractivity contribution in [1.29, 1.82) is 0 Å². The predicted octanol–water partition coefficient (Wildman–Crippen LogP) is 4.52. The van der Waals surface area contributed by atoms with Crippen LogP contribution in [0.3, 0.4) is 0 Å². The second-order valence-electron chi connectivity index (χ2n) is 7.24. The van der Waals surface area contributed by atoms with Crippen LogP contribution in [0.15, 0.2) is 79.1 Å². The molecule has 1 aliphatic rings. The van der Waals surface area contributed by atoms with Crippen molar-refractivity contribution in [2.75, 3.05) is 26.3 Å². The molecule has 1 fully saturated rings. The van der Waals surface area contributed by atoms with Crippen LogP contribution in [0.25, 0.3) is 27.8 Å². The molecule has 0 radical (unpaired) electrons. The number of morpholine rings is 1. The summed E-state index contributed by atoms with van der Waals surface area (Å²) in [4.78, 5) is 7.03. The summed E-state index contributed by atoms with van der Waals surface area (Å²) in [5.74, 6) is 0. The van der Waals surface area contributed by atoms with Gasteiger partial charge in [-0.2, -0.15) is 0 Å². The van der Waals surface area contributed by atoms with Crippen molar-refractivity contribution in [3.05, 3.63) is 84.7 Å². The van der Waals surface area contributed by atoms with Crippen LogP contribution in [0.4, 0.5) is 0 Å². The quantitative estimate of drug-likeness (QED) is 0.530. The third-order valence-electron chi connectivity index (χ3n) is 5.38. The molecule has 0 saturated carbocycles. The third kappa shape index (κ3) is 3.44. The number of hydrogen-bond donors (Lipinski definition) is 0. The maximum absolute atomic E-state index is 5.44. The van der Waals surface area contributed by atoms with Gasteiger partial charge in [0.1, 0.15) is 6.33 Å². The number of fused-ring (bicyclic) bond motifs is 1. The number of aromatic nitrogens is 2. The highest BCUT2D eigenvalue weighted by molar-refractivity contribution is 5.83. The van der Waals surface area contributed by atoms with Gasteiger partial charge in [-0.1, -0.05) is 48.5 Å². The lowest BCUT2D eigenvalue weighted by atomic mass is 10.1. The largest absolute Gasteiger partial charge is 0.379 e. The highest BCUT2D eigenvalue weighted by Gasteiger charge is 2.11. The van der Waals surface area contributed by atoms with Crippen molar-refractivity contribution in [3.63, 3.8) is 0 Å². The van der Waals surface area contributed by atoms with Crippen LogP contribution in [-0.4, -0.2) is 40.8 Å². The molecule has 1 aliphatic heterocycles. The van der Waals surface area contributed by atoms with Crippen LogP contribution in [0.2, 0.25) is 0 Å². The Morgan fingerprint density at radius 1 is 0.821 bits per heavy atom. The summed E-state index contributed by atoms with van der Waals surface area (Å²) in [6.45, 7) is 4.67. The van der Waals surface area contributed by atoms with E-state index in [2.05, 4.69) is 81.2 Å². The zero-order valence-corrected chi connectivity index (χ0v) is 15.8. The first-order valence-corrected chi connectivity index (χ1v) is 9.79. The monoisotopic (exact) mass is 369 g/mol. The van der Waals surface area contributed by atoms with E-state index in [0.717, 1.165) is 49.6 Å². The molecule has 28 heavy (non-hydrogen) atoms. The Labute approximate surface area is 165 Å². The Hall–Kier alpha value is -2.95. The Kier molecular flexibility index (Phi) is 4.65. The van der Waals surface area contributed by atoms with Gasteiger partial charge < -0.3 is 4.74 Å². The van der Waals surface area contributed by atoms with Crippen LogP contribution in [0, 0.1) is 0 Å². The van der Waals surface area contributed by atoms with Gasteiger partial charge in [0.15, 0.2) is 0 Å². The first-order valence-electron chi connectivity index (χ1n) is 9.79. The zero-order valence-electron chi connectivity index (χ0n) is 15.8. The van der Waals surface area contributed by atoms with E-state index in [0.29, 0.717) is 0 Å². The van der Waals surface area contributed by atoms with E-state index in [-0.39, 0.29) is 0 Å². The molecule has 0 aliphatic carbocycles. The third-order valence-corrected chi connectivity index (χ3v) is 5.38. The summed E-state index contributed by atoms with van der Waals surface area (Å²) in [6, 6.07) is 25.7. The van der Waals surface area contributed by atoms with E-state index < -0.39 is 0 Å². The second-order valence-corrected chi connectivity index (χ2v) is 7.24. The molecule has 5 rings (SSSR count). The maximum Gasteiger partial charge on any atom is 0.100 e. The van der Waals surface area contributed by atoms with Crippen LogP contribution < -0.4 is 0 Å². The van der Waals surface area contributed by atoms with Crippen LogP contribution in [-0.2, 0) is 11.3 Å². The molecule has 0 amide bonds. The van der Waals surface area contributed by atoms with Crippen molar-refractivity contribution in [2.24, 2.45) is 0 Å². The van der Waals surface area contributed by atoms with E-state index in [1.54, 1.807) is 0 Å². The van der Waals surface area contributed by atoms with Crippen molar-refractivity contribution in [3.8, 4) is 16.8 Å². The molecule has 1 aromatic heterocycles. The van der Waals surface area contributed by atoms with Gasteiger partial charge in [0, 0.05) is 25.3 Å². The molecule has 1 saturated heterocycles. The lowest BCUT2D eigenvalue weighted by Gasteiger charge is -2.26. The highest BCUT2D eigenvalue weighted by atomic mass is 16.5. The first kappa shape index (κ1) is 17.2. The fourth-order valence-corrected chi connectivity index (χ4v) is 3.80. The Morgan fingerprint density at radius 3 is 2.39 bits per heavy atom. The molecule has 0 bridgehead atoms. The summed E-state index contributed by atoms with van der Waals surface area (Å²) in [6.07, 6.45) is 1.91. The normalized spacial score (nSPS) is 15.1. The Balaban J connectivity index is 1.44. The topological polar surface area (TPSA) is 30.3 Å². The molecular formula is C24H23N3O. The van der Waals surface area contributed by atoms with Crippen LogP contribution in [0.5, 0.6) is 0 Å². The molecule has 0 N–H and O–H groups in total. The van der Waals surface area contributed by atoms with E-state index in [1.807, 2.05) is 12.4 Å². The van der Waals surface area contributed by atoms with E-state index >= 15 is 0 Å². The lowest BCUT2D eigenvalue weighted by Crippen LogP contribution is -2.35. The van der Waals surface area contributed by atoms with Gasteiger partial charge in [-0.15, -0.1) is 0 Å². The number of nitrogens with zero attached hydrogens (tertiary/aromatic N) is 3. The maximum atomic E-state index is 5.44. The average molecular weight is 369 g/mol. The van der Waals surface area contributed by atoms with Gasteiger partial charge in [-0.3, -0.25) is 9.47 Å². The molecule has 4 heteroatoms. The van der Waals surface area contributed by atoms with Crippen molar-refractivity contribution in [2.45, 2.75) is 6.54 Å². The molecule has 140 valence electrons. The molecule has 2 heterocycles. The van der Waals surface area contributed by atoms with Crippen molar-refractivity contribution < 1.29 is 4.74 Å². The highest BCUT2D eigenvalue weighted by Crippen LogP contribution is 2.26. The minimum absolute atomic E-state index is 0.836. The fourth-order valence-electron chi connectivity index (χ4n) is 3.80. The number of benzene rings is 3. The zero-order chi connectivity index (χ0) is 18.8. The van der Waals surface area contributed by atoms with Crippen molar-refractivity contribution >= 4 is 11.0 Å². The molecule has 0 spiro atoms. The van der Waals surface area contributed by atoms with Crippen LogP contribution in [0.1, 0.15) is 5.56 Å². The molecule has 4 aromatic rings. The van der Waals surface area contributed by atoms with Gasteiger partial charge in [0.05, 0.1) is 24.2 Å². The van der Waals surface area contributed by atoms with E-state index in [1.165, 1.54) is 16.7 Å². The average Bonchev–Trinajstić information content (AvgIpc) is 3.19. The minimum atomic E-state index is 0.836. The van der Waals surface area contributed by atoms with Gasteiger partial charge in [-0.25, -0.2) is 4.98 Å². The number of ether oxygens (including phenoxy) is 1. The predicted molar refractivity (Wildman–Crippen MR) is 113 cm³/mol. The SMILES string of the molecule is c1ccc(-c2ccc3ncn(-c4ccc(CN5CCOCC5)cc4)c3c2)cc1. The molecule has 3 aromatic carbocycles. The Bertz CT molecular complexity index is 1060. The van der Waals surface area contributed by atoms with Crippen molar-refractivity contribution in [1.82, 2.24) is 14.5 Å². The molecule has 0 unspecified atom stereocenters. The summed E-state index contributed by atoms with van der Waals surface area (Å²) in [7, 11) is 0. The van der Waals surface area contributed by atoms with E-state index in [4.69, 9.17) is 4.74 Å². The lowest BCUT2D eigenvalue weighted by molar-refractivity contribution is 0.0342. The number of imidazole rings is 1. The fraction of sp³-hybridized carbons (Fsp3) is 0.208. The van der Waals surface area contributed by atoms with Gasteiger partial charge in [0.2, 0.25) is 0 Å². The van der Waals surface area contributed by atoms with Gasteiger partial charge in [-0.05, 0) is 41.0 Å². The number of hydrogen-bond acceptors (Lipinski definition) is 3.